The SMILES string of the molecule is CCC1(CC)OC(c2ccc(S(C)(=O)=O)cc2)=C(c2ccc(OC)c(OC)c2)C1=O. The molecule has 0 fully saturated rings. The van der Waals surface area contributed by atoms with E-state index in [-0.39, 0.29) is 10.7 Å². The minimum absolute atomic E-state index is 0.0955. The summed E-state index contributed by atoms with van der Waals surface area (Å²) in [6, 6.07) is 11.7. The van der Waals surface area contributed by atoms with Gasteiger partial charge >= 0.3 is 0 Å². The molecule has 0 aromatic heterocycles. The van der Waals surface area contributed by atoms with Crippen LogP contribution in [0.5, 0.6) is 11.5 Å². The molecule has 0 N–H and O–H groups in total. The van der Waals surface area contributed by atoms with E-state index in [1.165, 1.54) is 19.2 Å². The first-order valence-corrected chi connectivity index (χ1v) is 11.6. The summed E-state index contributed by atoms with van der Waals surface area (Å²) in [5.74, 6) is 1.41. The Balaban J connectivity index is 2.21. The third-order valence-electron chi connectivity index (χ3n) is 5.52. The van der Waals surface area contributed by atoms with E-state index in [0.29, 0.717) is 46.8 Å². The molecule has 0 unspecified atom stereocenters. The van der Waals surface area contributed by atoms with Gasteiger partial charge in [-0.25, -0.2) is 8.42 Å². The Morgan fingerprint density at radius 3 is 1.97 bits per heavy atom. The van der Waals surface area contributed by atoms with Crippen molar-refractivity contribution in [1.29, 1.82) is 0 Å². The fourth-order valence-electron chi connectivity index (χ4n) is 3.65. The Bertz CT molecular complexity index is 1090. The summed E-state index contributed by atoms with van der Waals surface area (Å²) in [6.45, 7) is 3.84. The lowest BCUT2D eigenvalue weighted by molar-refractivity contribution is -0.128. The molecule has 0 aliphatic carbocycles. The van der Waals surface area contributed by atoms with Gasteiger partial charge in [0, 0.05) is 11.8 Å². The number of methoxy groups -OCH3 is 2. The lowest BCUT2D eigenvalue weighted by atomic mass is 9.86. The zero-order chi connectivity index (χ0) is 22.1. The average Bonchev–Trinajstić information content (AvgIpc) is 3.05. The number of hydrogen-bond acceptors (Lipinski definition) is 6. The van der Waals surface area contributed by atoms with E-state index >= 15 is 0 Å². The van der Waals surface area contributed by atoms with E-state index in [4.69, 9.17) is 14.2 Å². The fraction of sp³-hybridized carbons (Fsp3) is 0.348. The maximum atomic E-state index is 13.5. The zero-order valence-electron chi connectivity index (χ0n) is 17.8. The number of benzene rings is 2. The summed E-state index contributed by atoms with van der Waals surface area (Å²) in [6.07, 6.45) is 2.19. The van der Waals surface area contributed by atoms with Gasteiger partial charge in [-0.2, -0.15) is 0 Å². The lowest BCUT2D eigenvalue weighted by Gasteiger charge is -2.25. The Morgan fingerprint density at radius 2 is 1.47 bits per heavy atom. The molecule has 1 heterocycles. The minimum Gasteiger partial charge on any atom is -0.493 e. The maximum Gasteiger partial charge on any atom is 0.210 e. The number of hydrogen-bond donors (Lipinski definition) is 0. The number of carbonyl (C=O) groups is 1. The van der Waals surface area contributed by atoms with Crippen molar-refractivity contribution >= 4 is 27.0 Å². The normalized spacial score (nSPS) is 15.8. The van der Waals surface area contributed by atoms with Crippen LogP contribution >= 0.6 is 0 Å². The smallest absolute Gasteiger partial charge is 0.210 e. The Hall–Kier alpha value is -2.80. The highest BCUT2D eigenvalue weighted by atomic mass is 32.2. The molecular formula is C23H26O6S. The molecule has 0 saturated carbocycles. The minimum atomic E-state index is -3.32. The molecule has 0 radical (unpaired) electrons. The van der Waals surface area contributed by atoms with Crippen molar-refractivity contribution in [1.82, 2.24) is 0 Å². The predicted molar refractivity (Wildman–Crippen MR) is 115 cm³/mol. The first kappa shape index (κ1) is 21.9. The highest BCUT2D eigenvalue weighted by Gasteiger charge is 2.47. The molecule has 160 valence electrons. The molecule has 0 atom stereocenters. The van der Waals surface area contributed by atoms with Crippen molar-refractivity contribution in [3.8, 4) is 11.5 Å². The van der Waals surface area contributed by atoms with Gasteiger partial charge in [0.15, 0.2) is 26.9 Å². The third kappa shape index (κ3) is 3.69. The van der Waals surface area contributed by atoms with E-state index in [9.17, 15) is 13.2 Å². The van der Waals surface area contributed by atoms with Crippen LogP contribution in [0.3, 0.4) is 0 Å². The van der Waals surface area contributed by atoms with Gasteiger partial charge in [0.25, 0.3) is 0 Å². The van der Waals surface area contributed by atoms with Gasteiger partial charge in [0.05, 0.1) is 24.7 Å². The fourth-order valence-corrected chi connectivity index (χ4v) is 4.28. The largest absolute Gasteiger partial charge is 0.493 e. The Kier molecular flexibility index (Phi) is 5.94. The van der Waals surface area contributed by atoms with Crippen molar-refractivity contribution < 1.29 is 27.4 Å². The number of Topliss-reactive ketones (excluding diaryl/α,β-unsaturated/α-hetero) is 1. The molecule has 0 spiro atoms. The molecule has 30 heavy (non-hydrogen) atoms. The van der Waals surface area contributed by atoms with Gasteiger partial charge in [-0.15, -0.1) is 0 Å². The Morgan fingerprint density at radius 1 is 0.900 bits per heavy atom. The van der Waals surface area contributed by atoms with Crippen molar-refractivity contribution in [3.63, 3.8) is 0 Å². The first-order valence-electron chi connectivity index (χ1n) is 9.71. The summed E-state index contributed by atoms with van der Waals surface area (Å²) < 4.78 is 40.6. The maximum absolute atomic E-state index is 13.5. The molecule has 0 amide bonds. The quantitative estimate of drug-likeness (QED) is 0.657. The second-order valence-corrected chi connectivity index (χ2v) is 9.22. The second kappa shape index (κ2) is 8.14. The topological polar surface area (TPSA) is 78.9 Å². The number of ketones is 1. The van der Waals surface area contributed by atoms with Crippen LogP contribution in [-0.4, -0.2) is 40.3 Å². The molecule has 2 aromatic rings. The van der Waals surface area contributed by atoms with Crippen LogP contribution in [0.1, 0.15) is 37.8 Å². The summed E-state index contributed by atoms with van der Waals surface area (Å²) in [7, 11) is -0.235. The standard InChI is InChI=1S/C23H26O6S/c1-6-23(7-2)22(24)20(16-10-13-18(27-3)19(14-16)28-4)21(29-23)15-8-11-17(12-9-15)30(5,25)26/h8-14H,6-7H2,1-5H3. The molecule has 6 nitrogen and oxygen atoms in total. The van der Waals surface area contributed by atoms with E-state index in [2.05, 4.69) is 0 Å². The summed E-state index contributed by atoms with van der Waals surface area (Å²) >= 11 is 0. The summed E-state index contributed by atoms with van der Waals surface area (Å²) in [4.78, 5) is 13.7. The molecule has 3 rings (SSSR count). The molecule has 0 bridgehead atoms. The van der Waals surface area contributed by atoms with Gasteiger partial charge < -0.3 is 14.2 Å². The average molecular weight is 431 g/mol. The van der Waals surface area contributed by atoms with Gasteiger partial charge in [-0.1, -0.05) is 19.9 Å². The van der Waals surface area contributed by atoms with E-state index < -0.39 is 15.4 Å². The van der Waals surface area contributed by atoms with Crippen LogP contribution in [0.2, 0.25) is 0 Å². The van der Waals surface area contributed by atoms with Crippen molar-refractivity contribution in [2.75, 3.05) is 20.5 Å². The number of carbonyl (C=O) groups excluding carboxylic acids is 1. The molecule has 2 aromatic carbocycles. The van der Waals surface area contributed by atoms with Crippen LogP contribution in [0.15, 0.2) is 47.4 Å². The third-order valence-corrected chi connectivity index (χ3v) is 6.65. The van der Waals surface area contributed by atoms with Gasteiger partial charge in [-0.3, -0.25) is 4.79 Å². The molecular weight excluding hydrogens is 404 g/mol. The van der Waals surface area contributed by atoms with Crippen molar-refractivity contribution in [3.05, 3.63) is 53.6 Å². The lowest BCUT2D eigenvalue weighted by Crippen LogP contribution is -2.35. The second-order valence-electron chi connectivity index (χ2n) is 7.20. The van der Waals surface area contributed by atoms with Crippen LogP contribution < -0.4 is 9.47 Å². The number of sulfone groups is 1. The van der Waals surface area contributed by atoms with Crippen LogP contribution in [0.4, 0.5) is 0 Å². The highest BCUT2D eigenvalue weighted by molar-refractivity contribution is 7.90. The van der Waals surface area contributed by atoms with Crippen molar-refractivity contribution in [2.24, 2.45) is 0 Å². The van der Waals surface area contributed by atoms with Crippen LogP contribution in [0.25, 0.3) is 11.3 Å². The van der Waals surface area contributed by atoms with E-state index in [1.807, 2.05) is 13.8 Å². The number of ether oxygens (including phenoxy) is 3. The van der Waals surface area contributed by atoms with Gasteiger partial charge in [0.1, 0.15) is 5.76 Å². The van der Waals surface area contributed by atoms with Gasteiger partial charge in [-0.05, 0) is 54.8 Å². The molecule has 1 aliphatic rings. The molecule has 7 heteroatoms. The van der Waals surface area contributed by atoms with Gasteiger partial charge in [0.2, 0.25) is 5.78 Å². The van der Waals surface area contributed by atoms with Crippen molar-refractivity contribution in [2.45, 2.75) is 37.2 Å². The summed E-state index contributed by atoms with van der Waals surface area (Å²) in [5, 5.41) is 0. The van der Waals surface area contributed by atoms with Crippen LogP contribution in [0, 0.1) is 0 Å². The monoisotopic (exact) mass is 430 g/mol. The first-order chi connectivity index (χ1) is 14.2. The van der Waals surface area contributed by atoms with E-state index in [1.54, 1.807) is 37.4 Å². The molecule has 1 aliphatic heterocycles. The highest BCUT2D eigenvalue weighted by Crippen LogP contribution is 2.46. The summed E-state index contributed by atoms with van der Waals surface area (Å²) in [5.41, 5.74) is 0.799. The Labute approximate surface area is 177 Å². The van der Waals surface area contributed by atoms with E-state index in [0.717, 1.165) is 6.26 Å². The predicted octanol–water partition coefficient (Wildman–Crippen LogP) is 4.13. The molecule has 0 saturated heterocycles. The number of rotatable bonds is 7. The zero-order valence-corrected chi connectivity index (χ0v) is 18.6. The van der Waals surface area contributed by atoms with Crippen LogP contribution in [-0.2, 0) is 19.4 Å².